The summed E-state index contributed by atoms with van der Waals surface area (Å²) in [4.78, 5) is 39.9. The molecule has 0 aliphatic carbocycles. The molecule has 0 unspecified atom stereocenters. The van der Waals surface area contributed by atoms with Crippen LogP contribution in [0.15, 0.2) is 52.2 Å². The zero-order chi connectivity index (χ0) is 15.7. The molecular weight excluding hydrogens is 282 g/mol. The first kappa shape index (κ1) is 13.9. The smallest absolute Gasteiger partial charge is 0.298 e. The second kappa shape index (κ2) is 5.40. The number of hydrogen-bond acceptors (Lipinski definition) is 4. The average molecular weight is 295 g/mol. The Morgan fingerprint density at radius 2 is 1.91 bits per heavy atom. The number of rotatable bonds is 3. The van der Waals surface area contributed by atoms with Gasteiger partial charge in [0.25, 0.3) is 5.56 Å². The molecule has 0 atom stereocenters. The van der Waals surface area contributed by atoms with Crippen molar-refractivity contribution in [3.05, 3.63) is 74.6 Å². The predicted octanol–water partition coefficient (Wildman–Crippen LogP) is 0.956. The summed E-state index contributed by atoms with van der Waals surface area (Å²) in [5.74, 6) is 0. The highest BCUT2D eigenvalue weighted by Crippen LogP contribution is 2.07. The van der Waals surface area contributed by atoms with Gasteiger partial charge < -0.3 is 0 Å². The number of benzene rings is 1. The van der Waals surface area contributed by atoms with Gasteiger partial charge in [-0.05, 0) is 11.6 Å². The Morgan fingerprint density at radius 1 is 1.18 bits per heavy atom. The van der Waals surface area contributed by atoms with Gasteiger partial charge in [0.05, 0.1) is 11.9 Å². The van der Waals surface area contributed by atoms with Crippen molar-refractivity contribution >= 4 is 17.3 Å². The van der Waals surface area contributed by atoms with E-state index in [0.717, 1.165) is 10.1 Å². The van der Waals surface area contributed by atoms with Gasteiger partial charge in [-0.3, -0.25) is 18.7 Å². The third kappa shape index (κ3) is 2.24. The van der Waals surface area contributed by atoms with Gasteiger partial charge in [-0.25, -0.2) is 9.78 Å². The Labute approximate surface area is 125 Å². The van der Waals surface area contributed by atoms with Gasteiger partial charge >= 0.3 is 5.69 Å². The Kier molecular flexibility index (Phi) is 3.42. The minimum absolute atomic E-state index is 0.174. The molecule has 22 heavy (non-hydrogen) atoms. The van der Waals surface area contributed by atoms with E-state index in [0.29, 0.717) is 11.8 Å². The lowest BCUT2D eigenvalue weighted by molar-refractivity contribution is 0.112. The second-order valence-corrected chi connectivity index (χ2v) is 4.98. The van der Waals surface area contributed by atoms with E-state index < -0.39 is 11.2 Å². The fraction of sp³-hybridized carbons (Fsp3) is 0.125. The van der Waals surface area contributed by atoms with Crippen molar-refractivity contribution in [1.82, 2.24) is 14.1 Å². The maximum atomic E-state index is 12.6. The zero-order valence-corrected chi connectivity index (χ0v) is 11.9. The molecule has 0 aliphatic heterocycles. The number of hydrogen-bond donors (Lipinski definition) is 0. The number of carbonyl (C=O) groups is 1. The summed E-state index contributed by atoms with van der Waals surface area (Å²) in [6, 6.07) is 10.7. The van der Waals surface area contributed by atoms with Crippen molar-refractivity contribution in [2.24, 2.45) is 7.05 Å². The third-order valence-corrected chi connectivity index (χ3v) is 3.52. The molecule has 3 aromatic rings. The average Bonchev–Trinajstić information content (AvgIpc) is 2.57. The van der Waals surface area contributed by atoms with Crippen molar-refractivity contribution < 1.29 is 4.79 Å². The Balaban J connectivity index is 2.28. The molecule has 0 saturated carbocycles. The molecule has 0 bridgehead atoms. The number of aromatic nitrogens is 3. The first-order valence-corrected chi connectivity index (χ1v) is 6.70. The number of pyridine rings is 1. The largest absolute Gasteiger partial charge is 0.332 e. The Hall–Kier alpha value is -3.02. The highest BCUT2D eigenvalue weighted by atomic mass is 16.2. The molecule has 6 heteroatoms. The summed E-state index contributed by atoms with van der Waals surface area (Å²) in [6.07, 6.45) is 1.97. The molecule has 0 N–H and O–H groups in total. The van der Waals surface area contributed by atoms with Crippen molar-refractivity contribution in [3.8, 4) is 0 Å². The summed E-state index contributed by atoms with van der Waals surface area (Å²) in [5.41, 5.74) is 0.533. The van der Waals surface area contributed by atoms with Crippen LogP contribution in [0.5, 0.6) is 0 Å². The molecule has 0 amide bonds. The Morgan fingerprint density at radius 3 is 2.59 bits per heavy atom. The highest BCUT2D eigenvalue weighted by molar-refractivity contribution is 5.83. The summed E-state index contributed by atoms with van der Waals surface area (Å²) >= 11 is 0. The van der Waals surface area contributed by atoms with Crippen LogP contribution in [0.3, 0.4) is 0 Å². The third-order valence-electron chi connectivity index (χ3n) is 3.52. The standard InChI is InChI=1S/C16H13N3O3/c1-18-14-13(7-12(10-20)8-17-14)15(21)19(16(18)22)9-11-5-3-2-4-6-11/h2-8,10H,9H2,1H3. The minimum atomic E-state index is -0.446. The zero-order valence-electron chi connectivity index (χ0n) is 11.9. The minimum Gasteiger partial charge on any atom is -0.298 e. The van der Waals surface area contributed by atoms with Gasteiger partial charge in [-0.15, -0.1) is 0 Å². The topological polar surface area (TPSA) is 74.0 Å². The van der Waals surface area contributed by atoms with Crippen molar-refractivity contribution in [2.45, 2.75) is 6.54 Å². The van der Waals surface area contributed by atoms with Gasteiger partial charge in [-0.1, -0.05) is 30.3 Å². The lowest BCUT2D eigenvalue weighted by atomic mass is 10.2. The monoisotopic (exact) mass is 295 g/mol. The lowest BCUT2D eigenvalue weighted by Gasteiger charge is -2.10. The second-order valence-electron chi connectivity index (χ2n) is 4.98. The van der Waals surface area contributed by atoms with Gasteiger partial charge in [0.2, 0.25) is 0 Å². The van der Waals surface area contributed by atoms with E-state index in [1.165, 1.54) is 16.8 Å². The molecule has 0 saturated heterocycles. The number of fused-ring (bicyclic) bond motifs is 1. The van der Waals surface area contributed by atoms with Crippen molar-refractivity contribution in [2.75, 3.05) is 0 Å². The van der Waals surface area contributed by atoms with E-state index in [-0.39, 0.29) is 17.6 Å². The van der Waals surface area contributed by atoms with Gasteiger partial charge in [0.15, 0.2) is 6.29 Å². The van der Waals surface area contributed by atoms with Crippen LogP contribution in [0.2, 0.25) is 0 Å². The van der Waals surface area contributed by atoms with E-state index in [2.05, 4.69) is 4.98 Å². The molecule has 2 aromatic heterocycles. The number of aldehydes is 1. The van der Waals surface area contributed by atoms with Crippen LogP contribution in [-0.2, 0) is 13.6 Å². The molecule has 2 heterocycles. The van der Waals surface area contributed by atoms with Gasteiger partial charge in [0, 0.05) is 18.8 Å². The van der Waals surface area contributed by atoms with E-state index in [1.807, 2.05) is 30.3 Å². The highest BCUT2D eigenvalue weighted by Gasteiger charge is 2.12. The fourth-order valence-corrected chi connectivity index (χ4v) is 2.37. The Bertz CT molecular complexity index is 972. The summed E-state index contributed by atoms with van der Waals surface area (Å²) in [5, 5.41) is 0.252. The molecular formula is C16H13N3O3. The van der Waals surface area contributed by atoms with E-state index >= 15 is 0 Å². The number of carbonyl (C=O) groups excluding carboxylic acids is 1. The van der Waals surface area contributed by atoms with Crippen LogP contribution in [0, 0.1) is 0 Å². The van der Waals surface area contributed by atoms with Gasteiger partial charge in [-0.2, -0.15) is 0 Å². The SMILES string of the molecule is Cn1c(=O)n(Cc2ccccc2)c(=O)c2cc(C=O)cnc21. The molecule has 0 fully saturated rings. The molecule has 6 nitrogen and oxygen atoms in total. The first-order chi connectivity index (χ1) is 10.6. The molecule has 110 valence electrons. The predicted molar refractivity (Wildman–Crippen MR) is 82.2 cm³/mol. The van der Waals surface area contributed by atoms with Crippen LogP contribution >= 0.6 is 0 Å². The maximum absolute atomic E-state index is 12.6. The normalized spacial score (nSPS) is 10.8. The lowest BCUT2D eigenvalue weighted by Crippen LogP contribution is -2.39. The maximum Gasteiger partial charge on any atom is 0.332 e. The van der Waals surface area contributed by atoms with Crippen molar-refractivity contribution in [3.63, 3.8) is 0 Å². The van der Waals surface area contributed by atoms with E-state index in [4.69, 9.17) is 0 Å². The van der Waals surface area contributed by atoms with Crippen LogP contribution in [-0.4, -0.2) is 20.4 Å². The van der Waals surface area contributed by atoms with Crippen molar-refractivity contribution in [1.29, 1.82) is 0 Å². The molecule has 0 aliphatic rings. The summed E-state index contributed by atoms with van der Waals surface area (Å²) in [6.45, 7) is 0.174. The first-order valence-electron chi connectivity index (χ1n) is 6.70. The van der Waals surface area contributed by atoms with E-state index in [1.54, 1.807) is 7.05 Å². The molecule has 3 rings (SSSR count). The quantitative estimate of drug-likeness (QED) is 0.674. The molecule has 0 spiro atoms. The summed E-state index contributed by atoms with van der Waals surface area (Å²) < 4.78 is 2.46. The van der Waals surface area contributed by atoms with E-state index in [9.17, 15) is 14.4 Å². The van der Waals surface area contributed by atoms with Crippen LogP contribution in [0.25, 0.3) is 11.0 Å². The summed E-state index contributed by atoms with van der Waals surface area (Å²) in [7, 11) is 1.55. The molecule has 0 radical (unpaired) electrons. The van der Waals surface area contributed by atoms with Gasteiger partial charge in [0.1, 0.15) is 5.65 Å². The number of aryl methyl sites for hydroxylation is 1. The molecule has 1 aromatic carbocycles. The fourth-order valence-electron chi connectivity index (χ4n) is 2.37. The number of nitrogens with zero attached hydrogens (tertiary/aromatic N) is 3. The van der Waals surface area contributed by atoms with Crippen LogP contribution < -0.4 is 11.2 Å². The van der Waals surface area contributed by atoms with Crippen LogP contribution in [0.4, 0.5) is 0 Å². The van der Waals surface area contributed by atoms with Crippen LogP contribution in [0.1, 0.15) is 15.9 Å².